The van der Waals surface area contributed by atoms with Crippen LogP contribution < -0.4 is 10.2 Å². The summed E-state index contributed by atoms with van der Waals surface area (Å²) in [5.74, 6) is -0.0286. The molecule has 1 amide bonds. The van der Waals surface area contributed by atoms with Crippen LogP contribution in [0.3, 0.4) is 0 Å². The van der Waals surface area contributed by atoms with Gasteiger partial charge in [-0.05, 0) is 61.6 Å². The monoisotopic (exact) mass is 391 g/mol. The summed E-state index contributed by atoms with van der Waals surface area (Å²) in [7, 11) is 2.13. The summed E-state index contributed by atoms with van der Waals surface area (Å²) in [6, 6.07) is 12.7. The molecule has 2 heterocycles. The maximum Gasteiger partial charge on any atom is 0.230 e. The normalized spacial score (nSPS) is 12.9. The Morgan fingerprint density at radius 2 is 1.96 bits per heavy atom. The fourth-order valence-corrected chi connectivity index (χ4v) is 4.55. The van der Waals surface area contributed by atoms with E-state index in [1.807, 2.05) is 6.07 Å². The van der Waals surface area contributed by atoms with Crippen LogP contribution in [0.1, 0.15) is 27.1 Å². The molecule has 0 aliphatic carbocycles. The lowest BCUT2D eigenvalue weighted by Crippen LogP contribution is -2.14. The molecule has 5 heteroatoms. The Hall–Kier alpha value is -2.66. The van der Waals surface area contributed by atoms with Gasteiger partial charge in [-0.15, -0.1) is 11.3 Å². The fraction of sp³-hybridized carbons (Fsp3) is 0.304. The maximum absolute atomic E-state index is 12.5. The number of hydrogen-bond donors (Lipinski definition) is 1. The standard InChI is InChI=1S/C23H25N3OS/c1-14-5-6-17(11-15(14)2)12-21(27)24-23-25-22(16(3)28-23)19-7-8-20-18(13-19)9-10-26(20)4/h5-8,11,13H,9-10,12H2,1-4H3,(H,24,25,27). The number of carbonyl (C=O) groups excluding carboxylic acids is 1. The van der Waals surface area contributed by atoms with E-state index in [0.29, 0.717) is 11.6 Å². The first-order valence-electron chi connectivity index (χ1n) is 9.58. The minimum atomic E-state index is -0.0286. The first-order chi connectivity index (χ1) is 13.4. The van der Waals surface area contributed by atoms with Crippen LogP contribution in [0, 0.1) is 20.8 Å². The summed E-state index contributed by atoms with van der Waals surface area (Å²) in [5, 5.41) is 3.64. The van der Waals surface area contributed by atoms with Crippen molar-refractivity contribution in [3.8, 4) is 11.3 Å². The highest BCUT2D eigenvalue weighted by Crippen LogP contribution is 2.35. The van der Waals surface area contributed by atoms with Crippen LogP contribution in [0.4, 0.5) is 10.8 Å². The van der Waals surface area contributed by atoms with Gasteiger partial charge in [-0.1, -0.05) is 24.3 Å². The smallest absolute Gasteiger partial charge is 0.230 e. The van der Waals surface area contributed by atoms with Crippen LogP contribution in [0.5, 0.6) is 0 Å². The van der Waals surface area contributed by atoms with E-state index in [1.165, 1.54) is 33.7 Å². The van der Waals surface area contributed by atoms with Crippen LogP contribution >= 0.6 is 11.3 Å². The van der Waals surface area contributed by atoms with Gasteiger partial charge < -0.3 is 10.2 Å². The first kappa shape index (κ1) is 18.7. The van der Waals surface area contributed by atoms with Gasteiger partial charge in [0.1, 0.15) is 0 Å². The minimum absolute atomic E-state index is 0.0286. The van der Waals surface area contributed by atoms with Crippen molar-refractivity contribution < 1.29 is 4.79 Å². The highest BCUT2D eigenvalue weighted by molar-refractivity contribution is 7.16. The zero-order valence-corrected chi connectivity index (χ0v) is 17.6. The number of anilines is 2. The highest BCUT2D eigenvalue weighted by atomic mass is 32.1. The summed E-state index contributed by atoms with van der Waals surface area (Å²) in [5.41, 5.74) is 8.23. The largest absolute Gasteiger partial charge is 0.374 e. The average Bonchev–Trinajstić information content (AvgIpc) is 3.20. The Balaban J connectivity index is 1.50. The topological polar surface area (TPSA) is 45.2 Å². The molecule has 4 nitrogen and oxygen atoms in total. The van der Waals surface area contributed by atoms with Crippen molar-refractivity contribution in [3.63, 3.8) is 0 Å². The van der Waals surface area contributed by atoms with Gasteiger partial charge in [-0.2, -0.15) is 0 Å². The average molecular weight is 392 g/mol. The van der Waals surface area contributed by atoms with Gasteiger partial charge in [0, 0.05) is 29.7 Å². The Kier molecular flexibility index (Phi) is 4.94. The summed E-state index contributed by atoms with van der Waals surface area (Å²) < 4.78 is 0. The molecule has 0 unspecified atom stereocenters. The lowest BCUT2D eigenvalue weighted by atomic mass is 10.0. The molecule has 0 radical (unpaired) electrons. The van der Waals surface area contributed by atoms with E-state index in [9.17, 15) is 4.79 Å². The van der Waals surface area contributed by atoms with Gasteiger partial charge in [0.05, 0.1) is 12.1 Å². The van der Waals surface area contributed by atoms with Crippen LogP contribution in [0.2, 0.25) is 0 Å². The Labute approximate surface area is 170 Å². The lowest BCUT2D eigenvalue weighted by Gasteiger charge is -2.11. The van der Waals surface area contributed by atoms with Crippen molar-refractivity contribution >= 4 is 28.1 Å². The number of hydrogen-bond acceptors (Lipinski definition) is 4. The van der Waals surface area contributed by atoms with E-state index in [4.69, 9.17) is 4.98 Å². The number of nitrogens with one attached hydrogen (secondary N) is 1. The van der Waals surface area contributed by atoms with Gasteiger partial charge in [0.15, 0.2) is 5.13 Å². The van der Waals surface area contributed by atoms with Gasteiger partial charge in [-0.3, -0.25) is 4.79 Å². The second kappa shape index (κ2) is 7.40. The second-order valence-electron chi connectivity index (χ2n) is 7.58. The molecule has 1 aliphatic rings. The molecule has 0 saturated carbocycles. The zero-order valence-electron chi connectivity index (χ0n) is 16.8. The van der Waals surface area contributed by atoms with Gasteiger partial charge in [0.25, 0.3) is 0 Å². The number of rotatable bonds is 4. The van der Waals surface area contributed by atoms with Crippen molar-refractivity contribution in [2.75, 3.05) is 23.8 Å². The van der Waals surface area contributed by atoms with E-state index in [0.717, 1.165) is 34.7 Å². The Bertz CT molecular complexity index is 1050. The molecule has 4 rings (SSSR count). The van der Waals surface area contributed by atoms with Crippen LogP contribution in [0.15, 0.2) is 36.4 Å². The number of nitrogens with zero attached hydrogens (tertiary/aromatic N) is 2. The van der Waals surface area contributed by atoms with Gasteiger partial charge in [0.2, 0.25) is 5.91 Å². The molecule has 2 aromatic carbocycles. The number of benzene rings is 2. The van der Waals surface area contributed by atoms with E-state index in [-0.39, 0.29) is 5.91 Å². The molecule has 3 aromatic rings. The molecule has 1 aliphatic heterocycles. The highest BCUT2D eigenvalue weighted by Gasteiger charge is 2.18. The van der Waals surface area contributed by atoms with Gasteiger partial charge in [-0.25, -0.2) is 4.98 Å². The van der Waals surface area contributed by atoms with Crippen LogP contribution in [-0.4, -0.2) is 24.5 Å². The third kappa shape index (κ3) is 3.67. The molecule has 0 bridgehead atoms. The summed E-state index contributed by atoms with van der Waals surface area (Å²) >= 11 is 1.53. The van der Waals surface area contributed by atoms with E-state index in [2.05, 4.69) is 68.4 Å². The van der Waals surface area contributed by atoms with E-state index < -0.39 is 0 Å². The van der Waals surface area contributed by atoms with Crippen molar-refractivity contribution in [3.05, 3.63) is 63.5 Å². The number of likely N-dealkylation sites (N-methyl/N-ethyl adjacent to an activating group) is 1. The van der Waals surface area contributed by atoms with Crippen molar-refractivity contribution in [2.24, 2.45) is 0 Å². The lowest BCUT2D eigenvalue weighted by molar-refractivity contribution is -0.115. The maximum atomic E-state index is 12.5. The number of carbonyl (C=O) groups is 1. The summed E-state index contributed by atoms with van der Waals surface area (Å²) in [4.78, 5) is 20.6. The number of fused-ring (bicyclic) bond motifs is 1. The third-order valence-corrected chi connectivity index (χ3v) is 6.35. The quantitative estimate of drug-likeness (QED) is 0.687. The van der Waals surface area contributed by atoms with Gasteiger partial charge >= 0.3 is 0 Å². The van der Waals surface area contributed by atoms with Crippen LogP contribution in [-0.2, 0) is 17.6 Å². The molecule has 1 aromatic heterocycles. The Morgan fingerprint density at radius 1 is 1.14 bits per heavy atom. The molecule has 28 heavy (non-hydrogen) atoms. The molecule has 0 atom stereocenters. The predicted octanol–water partition coefficient (Wildman–Crippen LogP) is 4.91. The summed E-state index contributed by atoms with van der Waals surface area (Å²) in [6.45, 7) is 7.28. The molecular formula is C23H25N3OS. The molecule has 0 saturated heterocycles. The Morgan fingerprint density at radius 3 is 2.75 bits per heavy atom. The molecule has 1 N–H and O–H groups in total. The number of amides is 1. The second-order valence-corrected chi connectivity index (χ2v) is 8.79. The fourth-order valence-electron chi connectivity index (χ4n) is 3.69. The number of aryl methyl sites for hydroxylation is 3. The number of aromatic nitrogens is 1. The molecule has 0 spiro atoms. The van der Waals surface area contributed by atoms with E-state index >= 15 is 0 Å². The predicted molar refractivity (Wildman–Crippen MR) is 118 cm³/mol. The van der Waals surface area contributed by atoms with Crippen LogP contribution in [0.25, 0.3) is 11.3 Å². The van der Waals surface area contributed by atoms with E-state index in [1.54, 1.807) is 0 Å². The molecular weight excluding hydrogens is 366 g/mol. The first-order valence-corrected chi connectivity index (χ1v) is 10.4. The van der Waals surface area contributed by atoms with Crippen molar-refractivity contribution in [1.82, 2.24) is 4.98 Å². The SMILES string of the molecule is Cc1ccc(CC(=O)Nc2nc(-c3ccc4c(c3)CCN4C)c(C)s2)cc1C. The van der Waals surface area contributed by atoms with Crippen molar-refractivity contribution in [2.45, 2.75) is 33.6 Å². The summed E-state index contributed by atoms with van der Waals surface area (Å²) in [6.07, 6.45) is 1.43. The minimum Gasteiger partial charge on any atom is -0.374 e. The van der Waals surface area contributed by atoms with Crippen molar-refractivity contribution in [1.29, 1.82) is 0 Å². The molecule has 144 valence electrons. The third-order valence-electron chi connectivity index (χ3n) is 5.46. The zero-order chi connectivity index (χ0) is 19.8. The molecule has 0 fully saturated rings. The number of thiazole rings is 1.